The van der Waals surface area contributed by atoms with E-state index in [-0.39, 0.29) is 6.04 Å². The topological polar surface area (TPSA) is 26.0 Å². The predicted octanol–water partition coefficient (Wildman–Crippen LogP) is 4.35. The summed E-state index contributed by atoms with van der Waals surface area (Å²) in [6.45, 7) is 2.29. The number of thiophene rings is 1. The molecule has 0 bridgehead atoms. The molecule has 0 spiro atoms. The highest BCUT2D eigenvalue weighted by Gasteiger charge is 2.25. The molecule has 1 aromatic rings. The summed E-state index contributed by atoms with van der Waals surface area (Å²) in [5.74, 6) is 1.71. The Bertz CT molecular complexity index is 286. The Balaban J connectivity index is 1.84. The molecule has 16 heavy (non-hydrogen) atoms. The van der Waals surface area contributed by atoms with Gasteiger partial charge in [-0.25, -0.2) is 0 Å². The molecule has 0 amide bonds. The van der Waals surface area contributed by atoms with Gasteiger partial charge < -0.3 is 5.73 Å². The first kappa shape index (κ1) is 12.1. The highest BCUT2D eigenvalue weighted by molar-refractivity contribution is 7.07. The summed E-state index contributed by atoms with van der Waals surface area (Å²) < 4.78 is 0. The Labute approximate surface area is 103 Å². The smallest absolute Gasteiger partial charge is 0.0331 e. The van der Waals surface area contributed by atoms with Crippen molar-refractivity contribution in [3.63, 3.8) is 0 Å². The Morgan fingerprint density at radius 2 is 2.12 bits per heavy atom. The predicted molar refractivity (Wildman–Crippen MR) is 71.6 cm³/mol. The molecule has 0 radical (unpaired) electrons. The molecule has 2 N–H and O–H groups in total. The van der Waals surface area contributed by atoms with Crippen molar-refractivity contribution in [2.24, 2.45) is 17.6 Å². The molecule has 1 unspecified atom stereocenters. The Morgan fingerprint density at radius 3 is 2.69 bits per heavy atom. The molecular weight excluding hydrogens is 214 g/mol. The van der Waals surface area contributed by atoms with E-state index in [9.17, 15) is 0 Å². The molecule has 1 nitrogen and oxygen atoms in total. The quantitative estimate of drug-likeness (QED) is 0.827. The van der Waals surface area contributed by atoms with Crippen LogP contribution in [0.2, 0.25) is 0 Å². The Morgan fingerprint density at radius 1 is 1.38 bits per heavy atom. The van der Waals surface area contributed by atoms with Crippen LogP contribution in [-0.2, 0) is 0 Å². The van der Waals surface area contributed by atoms with E-state index < -0.39 is 0 Å². The number of nitrogens with two attached hydrogens (primary N) is 1. The summed E-state index contributed by atoms with van der Waals surface area (Å²) in [6, 6.07) is 2.47. The van der Waals surface area contributed by atoms with Gasteiger partial charge in [0.2, 0.25) is 0 Å². The van der Waals surface area contributed by atoms with Crippen molar-refractivity contribution in [2.45, 2.75) is 51.5 Å². The van der Waals surface area contributed by atoms with Gasteiger partial charge in [0.1, 0.15) is 0 Å². The van der Waals surface area contributed by atoms with E-state index in [1.807, 2.05) is 0 Å². The van der Waals surface area contributed by atoms with Gasteiger partial charge in [0.15, 0.2) is 0 Å². The van der Waals surface area contributed by atoms with Crippen molar-refractivity contribution in [1.29, 1.82) is 0 Å². The average Bonchev–Trinajstić information content (AvgIpc) is 2.83. The van der Waals surface area contributed by atoms with Crippen LogP contribution in [0.15, 0.2) is 16.8 Å². The minimum Gasteiger partial charge on any atom is -0.324 e. The molecule has 1 atom stereocenters. The first-order valence-corrected chi connectivity index (χ1v) is 7.53. The van der Waals surface area contributed by atoms with Gasteiger partial charge in [-0.1, -0.05) is 32.6 Å². The van der Waals surface area contributed by atoms with Crippen molar-refractivity contribution >= 4 is 11.3 Å². The average molecular weight is 237 g/mol. The van der Waals surface area contributed by atoms with Crippen LogP contribution in [-0.4, -0.2) is 0 Å². The van der Waals surface area contributed by atoms with Gasteiger partial charge >= 0.3 is 0 Å². The Kier molecular flexibility index (Phi) is 4.42. The lowest BCUT2D eigenvalue weighted by Gasteiger charge is -2.31. The zero-order valence-electron chi connectivity index (χ0n) is 10.2. The second-order valence-electron chi connectivity index (χ2n) is 5.15. The van der Waals surface area contributed by atoms with Crippen LogP contribution in [0.3, 0.4) is 0 Å². The zero-order valence-corrected chi connectivity index (χ0v) is 11.0. The van der Waals surface area contributed by atoms with E-state index in [2.05, 4.69) is 23.8 Å². The van der Waals surface area contributed by atoms with Crippen LogP contribution < -0.4 is 5.73 Å². The fraction of sp³-hybridized carbons (Fsp3) is 0.714. The molecule has 1 fully saturated rings. The molecule has 2 rings (SSSR count). The highest BCUT2D eigenvalue weighted by atomic mass is 32.1. The third-order valence-corrected chi connectivity index (χ3v) is 4.73. The molecule has 1 aliphatic rings. The van der Waals surface area contributed by atoms with Crippen molar-refractivity contribution in [3.8, 4) is 0 Å². The van der Waals surface area contributed by atoms with Crippen molar-refractivity contribution < 1.29 is 0 Å². The molecule has 0 aliphatic heterocycles. The second kappa shape index (κ2) is 5.83. The molecule has 1 aliphatic carbocycles. The number of hydrogen-bond donors (Lipinski definition) is 1. The second-order valence-corrected chi connectivity index (χ2v) is 5.93. The summed E-state index contributed by atoms with van der Waals surface area (Å²) in [5, 5.41) is 4.35. The van der Waals surface area contributed by atoms with Gasteiger partial charge in [-0.2, -0.15) is 11.3 Å². The maximum atomic E-state index is 6.34. The maximum Gasteiger partial charge on any atom is 0.0331 e. The fourth-order valence-corrected chi connectivity index (χ4v) is 3.69. The molecule has 90 valence electrons. The maximum absolute atomic E-state index is 6.34. The lowest BCUT2D eigenvalue weighted by molar-refractivity contribution is 0.234. The van der Waals surface area contributed by atoms with Crippen LogP contribution in [0.25, 0.3) is 0 Å². The molecule has 1 aromatic heterocycles. The summed E-state index contributed by atoms with van der Waals surface area (Å²) >= 11 is 1.76. The lowest BCUT2D eigenvalue weighted by Crippen LogP contribution is -2.25. The minimum absolute atomic E-state index is 0.286. The van der Waals surface area contributed by atoms with Gasteiger partial charge in [-0.15, -0.1) is 0 Å². The number of rotatable bonds is 4. The van der Waals surface area contributed by atoms with Crippen LogP contribution in [0.4, 0.5) is 0 Å². The SMILES string of the molecule is CCCC1CCC(C(N)c2ccsc2)CC1. The molecule has 1 heterocycles. The first-order valence-electron chi connectivity index (χ1n) is 6.59. The Hall–Kier alpha value is -0.340. The van der Waals surface area contributed by atoms with Crippen LogP contribution in [0.5, 0.6) is 0 Å². The van der Waals surface area contributed by atoms with Gasteiger partial charge in [0.05, 0.1) is 0 Å². The number of hydrogen-bond acceptors (Lipinski definition) is 2. The summed E-state index contributed by atoms with van der Waals surface area (Å²) in [7, 11) is 0. The van der Waals surface area contributed by atoms with Crippen molar-refractivity contribution in [1.82, 2.24) is 0 Å². The summed E-state index contributed by atoms with van der Waals surface area (Å²) in [6.07, 6.45) is 8.22. The van der Waals surface area contributed by atoms with Gasteiger partial charge in [0.25, 0.3) is 0 Å². The molecule has 0 saturated heterocycles. The highest BCUT2D eigenvalue weighted by Crippen LogP contribution is 2.37. The monoisotopic (exact) mass is 237 g/mol. The molecule has 2 heteroatoms. The molecule has 0 aromatic carbocycles. The van der Waals surface area contributed by atoms with E-state index in [0.717, 1.165) is 11.8 Å². The van der Waals surface area contributed by atoms with Gasteiger partial charge in [-0.3, -0.25) is 0 Å². The molecular formula is C14H23NS. The minimum atomic E-state index is 0.286. The third-order valence-electron chi connectivity index (χ3n) is 4.02. The zero-order chi connectivity index (χ0) is 11.4. The molecule has 1 saturated carbocycles. The lowest BCUT2D eigenvalue weighted by atomic mass is 9.76. The van der Waals surface area contributed by atoms with Crippen molar-refractivity contribution in [2.75, 3.05) is 0 Å². The van der Waals surface area contributed by atoms with Crippen LogP contribution >= 0.6 is 11.3 Å². The largest absolute Gasteiger partial charge is 0.324 e. The van der Waals surface area contributed by atoms with E-state index in [0.29, 0.717) is 0 Å². The first-order chi connectivity index (χ1) is 7.81. The van der Waals surface area contributed by atoms with Crippen LogP contribution in [0, 0.1) is 11.8 Å². The van der Waals surface area contributed by atoms with E-state index in [1.165, 1.54) is 44.1 Å². The van der Waals surface area contributed by atoms with Gasteiger partial charge in [-0.05, 0) is 47.1 Å². The van der Waals surface area contributed by atoms with E-state index >= 15 is 0 Å². The van der Waals surface area contributed by atoms with Gasteiger partial charge in [0, 0.05) is 6.04 Å². The summed E-state index contributed by atoms with van der Waals surface area (Å²) in [5.41, 5.74) is 7.69. The third kappa shape index (κ3) is 2.86. The summed E-state index contributed by atoms with van der Waals surface area (Å²) in [4.78, 5) is 0. The van der Waals surface area contributed by atoms with E-state index in [4.69, 9.17) is 5.73 Å². The van der Waals surface area contributed by atoms with Crippen molar-refractivity contribution in [3.05, 3.63) is 22.4 Å². The fourth-order valence-electron chi connectivity index (χ4n) is 2.98. The standard InChI is InChI=1S/C14H23NS/c1-2-3-11-4-6-12(7-5-11)14(15)13-8-9-16-10-13/h8-12,14H,2-7,15H2,1H3. The van der Waals surface area contributed by atoms with Crippen LogP contribution in [0.1, 0.15) is 57.1 Å². The normalized spacial score (nSPS) is 27.9. The van der Waals surface area contributed by atoms with E-state index in [1.54, 1.807) is 11.3 Å².